The van der Waals surface area contributed by atoms with Crippen LogP contribution in [-0.4, -0.2) is 70.8 Å². The highest BCUT2D eigenvalue weighted by molar-refractivity contribution is 8.13. The van der Waals surface area contributed by atoms with Crippen molar-refractivity contribution in [3.8, 4) is 5.75 Å². The van der Waals surface area contributed by atoms with Gasteiger partial charge in [-0.25, -0.2) is 9.56 Å². The minimum absolute atomic E-state index is 0.0398. The summed E-state index contributed by atoms with van der Waals surface area (Å²) < 4.78 is 12.3. The second kappa shape index (κ2) is 9.30. The number of benzene rings is 1. The number of aryl methyl sites for hydroxylation is 1. The first-order valence-electron chi connectivity index (χ1n) is 11.2. The van der Waals surface area contributed by atoms with Gasteiger partial charge < -0.3 is 19.8 Å². The lowest BCUT2D eigenvalue weighted by atomic mass is 9.92. The van der Waals surface area contributed by atoms with Crippen LogP contribution >= 0.6 is 11.8 Å². The third-order valence-corrected chi connectivity index (χ3v) is 7.91. The van der Waals surface area contributed by atoms with Crippen LogP contribution in [0.15, 0.2) is 29.0 Å². The highest BCUT2D eigenvalue weighted by atomic mass is 32.2. The molecule has 1 aromatic carbocycles. The number of nitrogens with one attached hydrogen (secondary N) is 1. The number of aromatic nitrogens is 1. The molecule has 1 saturated carbocycles. The number of amidine groups is 2. The number of carbonyl (C=O) groups is 1. The summed E-state index contributed by atoms with van der Waals surface area (Å²) >= 11 is 1.48. The molecule has 2 aliphatic rings. The summed E-state index contributed by atoms with van der Waals surface area (Å²) in [4.78, 5) is 18.6. The minimum Gasteiger partial charge on any atom is -0.496 e. The predicted octanol–water partition coefficient (Wildman–Crippen LogP) is 2.87. The molecule has 0 amide bonds. The molecule has 2 aromatic rings. The molecule has 3 N–H and O–H groups in total. The van der Waals surface area contributed by atoms with Crippen LogP contribution in [0.25, 0.3) is 0 Å². The van der Waals surface area contributed by atoms with E-state index in [9.17, 15) is 4.79 Å². The molecule has 1 saturated heterocycles. The van der Waals surface area contributed by atoms with Gasteiger partial charge in [-0.3, -0.25) is 4.79 Å². The van der Waals surface area contributed by atoms with Crippen LogP contribution < -0.4 is 10.5 Å². The molecule has 176 valence electrons. The average molecular weight is 471 g/mol. The highest BCUT2D eigenvalue weighted by Crippen LogP contribution is 2.59. The van der Waals surface area contributed by atoms with Crippen molar-refractivity contribution in [2.24, 2.45) is 11.7 Å². The van der Waals surface area contributed by atoms with Crippen LogP contribution in [0.5, 0.6) is 5.75 Å². The topological polar surface area (TPSA) is 108 Å². The molecule has 2 fully saturated rings. The van der Waals surface area contributed by atoms with Gasteiger partial charge in [0, 0.05) is 24.3 Å². The van der Waals surface area contributed by atoms with Gasteiger partial charge in [0.1, 0.15) is 5.75 Å². The van der Waals surface area contributed by atoms with Crippen LogP contribution in [-0.2, 0) is 5.41 Å². The number of oxazole rings is 1. The number of piperidine rings is 1. The average Bonchev–Trinajstić information content (AvgIpc) is 3.13. The van der Waals surface area contributed by atoms with E-state index in [1.807, 2.05) is 19.1 Å². The van der Waals surface area contributed by atoms with Gasteiger partial charge in [-0.1, -0.05) is 17.8 Å². The van der Waals surface area contributed by atoms with E-state index in [1.165, 1.54) is 30.1 Å². The molecule has 2 atom stereocenters. The van der Waals surface area contributed by atoms with Crippen molar-refractivity contribution in [1.29, 1.82) is 5.41 Å². The van der Waals surface area contributed by atoms with Crippen molar-refractivity contribution < 1.29 is 18.5 Å². The minimum atomic E-state index is 0.0398. The van der Waals surface area contributed by atoms with Crippen molar-refractivity contribution in [3.63, 3.8) is 0 Å². The molecule has 0 radical (unpaired) electrons. The zero-order chi connectivity index (χ0) is 23.8. The lowest BCUT2D eigenvalue weighted by Gasteiger charge is -2.21. The lowest BCUT2D eigenvalue weighted by molar-refractivity contribution is -0.366. The molecule has 1 aliphatic carbocycles. The fourth-order valence-electron chi connectivity index (χ4n) is 4.86. The first-order chi connectivity index (χ1) is 15.8. The van der Waals surface area contributed by atoms with Gasteiger partial charge in [-0.2, -0.15) is 5.41 Å². The summed E-state index contributed by atoms with van der Waals surface area (Å²) in [6.45, 7) is 6.54. The molecule has 0 bridgehead atoms. The predicted molar refractivity (Wildman–Crippen MR) is 130 cm³/mol. The van der Waals surface area contributed by atoms with Crippen LogP contribution in [0.2, 0.25) is 0 Å². The first kappa shape index (κ1) is 23.5. The normalized spacial score (nSPS) is 22.6. The van der Waals surface area contributed by atoms with E-state index in [4.69, 9.17) is 20.3 Å². The van der Waals surface area contributed by atoms with Gasteiger partial charge in [-0.05, 0) is 56.8 Å². The summed E-state index contributed by atoms with van der Waals surface area (Å²) in [5, 5.41) is 8.72. The van der Waals surface area contributed by atoms with Gasteiger partial charge in [0.05, 0.1) is 25.4 Å². The third kappa shape index (κ3) is 4.56. The molecule has 4 rings (SSSR count). The maximum absolute atomic E-state index is 12.0. The molecular formula is C24H32N5O3S+. The smallest absolute Gasteiger partial charge is 0.290 e. The highest BCUT2D eigenvalue weighted by Gasteiger charge is 2.60. The Morgan fingerprint density at radius 2 is 2.27 bits per heavy atom. The standard InChI is InChI=1S/C24H31N5O3S/c1-15-21(32-14-27-15)22(25)28(3)23(26)33-9-5-8-29-12-18-11-24(18,13-29)17-6-7-20(31-4)19(10-17)16(2)30/h6-7,10,14,18,25-26H,5,8-9,11-13H2,1-4H3/p+1/t18-,24+/m1/s1. The number of nitrogens with two attached hydrogens (primary N) is 1. The Bertz CT molecular complexity index is 1110. The van der Waals surface area contributed by atoms with Crippen molar-refractivity contribution in [1.82, 2.24) is 9.88 Å². The second-order valence-electron chi connectivity index (χ2n) is 8.98. The fourth-order valence-corrected chi connectivity index (χ4v) is 5.62. The molecule has 33 heavy (non-hydrogen) atoms. The Balaban J connectivity index is 1.29. The van der Waals surface area contributed by atoms with E-state index in [0.29, 0.717) is 39.7 Å². The summed E-state index contributed by atoms with van der Waals surface area (Å²) in [6.07, 6.45) is 3.54. The van der Waals surface area contributed by atoms with Gasteiger partial charge in [0.15, 0.2) is 12.2 Å². The van der Waals surface area contributed by atoms with E-state index in [2.05, 4.69) is 16.0 Å². The Hall–Kier alpha value is -2.65. The fraction of sp³-hybridized carbons (Fsp3) is 0.500. The van der Waals surface area contributed by atoms with Gasteiger partial charge in [-0.15, -0.1) is 0 Å². The number of ether oxygens (including phenoxy) is 1. The maximum atomic E-state index is 12.0. The Morgan fingerprint density at radius 3 is 2.94 bits per heavy atom. The van der Waals surface area contributed by atoms with E-state index in [1.54, 1.807) is 25.7 Å². The monoisotopic (exact) mass is 470 g/mol. The zero-order valence-corrected chi connectivity index (χ0v) is 20.5. The molecule has 8 nitrogen and oxygen atoms in total. The number of hydrogen-bond acceptors (Lipinski definition) is 7. The summed E-state index contributed by atoms with van der Waals surface area (Å²) in [6, 6.07) is 6.09. The van der Waals surface area contributed by atoms with Crippen molar-refractivity contribution in [2.75, 3.05) is 39.5 Å². The number of likely N-dealkylation sites (tertiary alicyclic amines) is 1. The molecule has 0 unspecified atom stereocenters. The SMILES string of the molecule is COc1ccc([C@@]23C[C@@H]2CN(CCCSC(=N)[N+](C)=C(N)c2ocnc2C)C3)cc1C(C)=O. The van der Waals surface area contributed by atoms with Gasteiger partial charge in [0.25, 0.3) is 11.0 Å². The number of methoxy groups -OCH3 is 1. The summed E-state index contributed by atoms with van der Waals surface area (Å²) in [5.74, 6) is 3.09. The van der Waals surface area contributed by atoms with Gasteiger partial charge >= 0.3 is 0 Å². The van der Waals surface area contributed by atoms with Crippen molar-refractivity contribution >= 4 is 28.5 Å². The zero-order valence-electron chi connectivity index (χ0n) is 19.7. The lowest BCUT2D eigenvalue weighted by Crippen LogP contribution is -2.30. The van der Waals surface area contributed by atoms with E-state index >= 15 is 0 Å². The van der Waals surface area contributed by atoms with Crippen LogP contribution in [0.4, 0.5) is 0 Å². The van der Waals surface area contributed by atoms with Crippen LogP contribution in [0, 0.1) is 18.3 Å². The quantitative estimate of drug-likeness (QED) is 0.201. The van der Waals surface area contributed by atoms with Crippen LogP contribution in [0.1, 0.15) is 47.1 Å². The number of thioether (sulfide) groups is 1. The molecule has 1 aliphatic heterocycles. The number of carbonyl (C=O) groups excluding carboxylic acids is 1. The molecule has 2 heterocycles. The largest absolute Gasteiger partial charge is 0.496 e. The molecule has 1 aromatic heterocycles. The Morgan fingerprint density at radius 1 is 1.48 bits per heavy atom. The third-order valence-electron chi connectivity index (χ3n) is 6.87. The van der Waals surface area contributed by atoms with Crippen molar-refractivity contribution in [2.45, 2.75) is 32.1 Å². The molecular weight excluding hydrogens is 438 g/mol. The summed E-state index contributed by atoms with van der Waals surface area (Å²) in [5.41, 5.74) is 8.96. The number of fused-ring (bicyclic) bond motifs is 1. The van der Waals surface area contributed by atoms with Gasteiger partial charge in [0.2, 0.25) is 5.76 Å². The van der Waals surface area contributed by atoms with E-state index in [-0.39, 0.29) is 11.2 Å². The second-order valence-corrected chi connectivity index (χ2v) is 10.1. The Labute approximate surface area is 198 Å². The van der Waals surface area contributed by atoms with Crippen LogP contribution in [0.3, 0.4) is 0 Å². The number of ketones is 1. The maximum Gasteiger partial charge on any atom is 0.290 e. The first-order valence-corrected chi connectivity index (χ1v) is 12.1. The Kier molecular flexibility index (Phi) is 6.63. The van der Waals surface area contributed by atoms with E-state index in [0.717, 1.165) is 31.8 Å². The van der Waals surface area contributed by atoms with Crippen molar-refractivity contribution in [3.05, 3.63) is 47.2 Å². The molecule has 0 spiro atoms. The number of Topliss-reactive ketones (excluding diaryl/α,β-unsaturated/α-hetero) is 1. The number of rotatable bonds is 8. The number of hydrogen-bond donors (Lipinski definition) is 2. The number of nitrogens with zero attached hydrogens (tertiary/aromatic N) is 3. The summed E-state index contributed by atoms with van der Waals surface area (Å²) in [7, 11) is 3.38. The molecule has 9 heteroatoms. The van der Waals surface area contributed by atoms with E-state index < -0.39 is 0 Å².